The van der Waals surface area contributed by atoms with Crippen molar-refractivity contribution >= 4 is 64.9 Å². The largest absolute Gasteiger partial charge is 0.309 e. The van der Waals surface area contributed by atoms with Gasteiger partial charge in [0.2, 0.25) is 0 Å². The number of nitrogens with zero attached hydrogens (tertiary/aromatic N) is 4. The predicted octanol–water partition coefficient (Wildman–Crippen LogP) is 13.1. The number of fused-ring (bicyclic) bond motifs is 4. The van der Waals surface area contributed by atoms with Crippen molar-refractivity contribution in [3.05, 3.63) is 182 Å². The van der Waals surface area contributed by atoms with Crippen molar-refractivity contribution in [1.29, 1.82) is 0 Å². The van der Waals surface area contributed by atoms with Crippen molar-refractivity contribution < 1.29 is 0 Å². The number of hydrogen-bond donors (Lipinski definition) is 0. The van der Waals surface area contributed by atoms with Crippen molar-refractivity contribution in [2.45, 2.75) is 0 Å². The third kappa shape index (κ3) is 4.43. The maximum atomic E-state index is 5.09. The van der Waals surface area contributed by atoms with Gasteiger partial charge in [-0.3, -0.25) is 0 Å². The molecule has 4 heteroatoms. The molecule has 0 aliphatic rings. The first-order valence-electron chi connectivity index (χ1n) is 18.7. The maximum Gasteiger partial charge on any atom is 0.164 e. The van der Waals surface area contributed by atoms with Crippen LogP contribution in [0, 0.1) is 0 Å². The topological polar surface area (TPSA) is 43.6 Å². The average molecular weight is 699 g/mol. The summed E-state index contributed by atoms with van der Waals surface area (Å²) < 4.78 is 2.42. The molecule has 0 radical (unpaired) electrons. The van der Waals surface area contributed by atoms with Crippen molar-refractivity contribution in [1.82, 2.24) is 19.5 Å². The monoisotopic (exact) mass is 698 g/mol. The second-order valence-electron chi connectivity index (χ2n) is 14.4. The minimum atomic E-state index is 0.638. The summed E-state index contributed by atoms with van der Waals surface area (Å²) in [5.41, 5.74) is 8.60. The fraction of sp³-hybridized carbons (Fsp3) is 0. The summed E-state index contributed by atoms with van der Waals surface area (Å²) in [5.74, 6) is 1.93. The van der Waals surface area contributed by atoms with Gasteiger partial charge in [0.15, 0.2) is 17.5 Å². The maximum absolute atomic E-state index is 5.09. The van der Waals surface area contributed by atoms with Crippen LogP contribution in [0.4, 0.5) is 0 Å². The number of hydrogen-bond acceptors (Lipinski definition) is 3. The number of benzene rings is 10. The van der Waals surface area contributed by atoms with E-state index in [1.54, 1.807) is 0 Å². The molecule has 2 heterocycles. The van der Waals surface area contributed by atoms with E-state index in [0.717, 1.165) is 33.5 Å². The Labute approximate surface area is 316 Å². The smallest absolute Gasteiger partial charge is 0.164 e. The molecule has 0 fully saturated rings. The predicted molar refractivity (Wildman–Crippen MR) is 228 cm³/mol. The van der Waals surface area contributed by atoms with Crippen LogP contribution in [0.5, 0.6) is 0 Å². The molecule has 0 saturated carbocycles. The molecule has 12 aromatic rings. The van der Waals surface area contributed by atoms with Crippen molar-refractivity contribution in [2.75, 3.05) is 0 Å². The van der Waals surface area contributed by atoms with Crippen LogP contribution >= 0.6 is 0 Å². The van der Waals surface area contributed by atoms with Crippen LogP contribution in [0.25, 0.3) is 116 Å². The zero-order valence-electron chi connectivity index (χ0n) is 29.6. The van der Waals surface area contributed by atoms with E-state index in [9.17, 15) is 0 Å². The molecular weight excluding hydrogens is 669 g/mol. The summed E-state index contributed by atoms with van der Waals surface area (Å²) in [7, 11) is 0. The lowest BCUT2D eigenvalue weighted by Crippen LogP contribution is -2.00. The number of rotatable bonds is 5. The van der Waals surface area contributed by atoms with E-state index in [2.05, 4.69) is 150 Å². The van der Waals surface area contributed by atoms with Gasteiger partial charge in [-0.2, -0.15) is 0 Å². The summed E-state index contributed by atoms with van der Waals surface area (Å²) in [6.07, 6.45) is 0. The molecule has 12 rings (SSSR count). The van der Waals surface area contributed by atoms with Crippen LogP contribution in [0.1, 0.15) is 0 Å². The van der Waals surface area contributed by atoms with Crippen molar-refractivity contribution in [3.8, 4) is 51.0 Å². The highest BCUT2D eigenvalue weighted by atomic mass is 15.0. The molecule has 0 saturated heterocycles. The zero-order valence-corrected chi connectivity index (χ0v) is 29.6. The lowest BCUT2D eigenvalue weighted by molar-refractivity contribution is 1.07. The summed E-state index contributed by atoms with van der Waals surface area (Å²) in [5, 5.41) is 13.2. The number of aromatic nitrogens is 4. The van der Waals surface area contributed by atoms with Gasteiger partial charge in [-0.1, -0.05) is 140 Å². The molecule has 0 N–H and O–H groups in total. The molecule has 0 unspecified atom stereocenters. The lowest BCUT2D eigenvalue weighted by atomic mass is 9.86. The Hall–Kier alpha value is -7.43. The van der Waals surface area contributed by atoms with Crippen LogP contribution in [0.15, 0.2) is 182 Å². The first-order valence-corrected chi connectivity index (χ1v) is 18.7. The van der Waals surface area contributed by atoms with Gasteiger partial charge in [0, 0.05) is 38.5 Å². The molecule has 0 aliphatic carbocycles. The zero-order chi connectivity index (χ0) is 36.0. The first-order chi connectivity index (χ1) is 27.3. The molecule has 0 aliphatic heterocycles. The summed E-state index contributed by atoms with van der Waals surface area (Å²) in [4.78, 5) is 15.1. The molecule has 0 spiro atoms. The standard InChI is InChI=1S/C51H30N4/c1-3-12-31(13-4-1)34-16-9-17-35(30-34)51-53-49(32-14-5-2-6-15-32)52-50(54-51)33-24-26-36(27-25-33)55-43-23-11-22-41-40-21-10-20-39-37-18-7-8-19-38(37)42-28-29-44(55)48(46(41)43)47(42)45(39)40/h1-30H. The molecule has 10 aromatic carbocycles. The summed E-state index contributed by atoms with van der Waals surface area (Å²) in [6, 6.07) is 64.7. The van der Waals surface area contributed by atoms with Crippen LogP contribution in [0.2, 0.25) is 0 Å². The SMILES string of the molecule is c1ccc(-c2cccc(-c3nc(-c4ccccc4)nc(-c4ccc(-n5c6cccc7c8cccc9c%10ccccc%10c%10ccc5c(c%10c98)c76)cc4)n3)c2)cc1. The third-order valence-electron chi connectivity index (χ3n) is 11.3. The molecular formula is C51H30N4. The van der Waals surface area contributed by atoms with Gasteiger partial charge in [-0.25, -0.2) is 15.0 Å². The van der Waals surface area contributed by atoms with E-state index in [-0.39, 0.29) is 0 Å². The van der Waals surface area contributed by atoms with Crippen LogP contribution in [-0.2, 0) is 0 Å². The Balaban J connectivity index is 1.04. The molecule has 55 heavy (non-hydrogen) atoms. The van der Waals surface area contributed by atoms with E-state index >= 15 is 0 Å². The van der Waals surface area contributed by atoms with E-state index < -0.39 is 0 Å². The Morgan fingerprint density at radius 2 is 0.745 bits per heavy atom. The first kappa shape index (κ1) is 30.1. The minimum Gasteiger partial charge on any atom is -0.309 e. The molecule has 0 bridgehead atoms. The Morgan fingerprint density at radius 1 is 0.273 bits per heavy atom. The van der Waals surface area contributed by atoms with E-state index in [4.69, 9.17) is 15.0 Å². The fourth-order valence-electron chi connectivity index (χ4n) is 8.94. The molecule has 0 atom stereocenters. The van der Waals surface area contributed by atoms with E-state index in [1.165, 1.54) is 64.9 Å². The Morgan fingerprint density at radius 3 is 1.45 bits per heavy atom. The molecule has 2 aromatic heterocycles. The van der Waals surface area contributed by atoms with Gasteiger partial charge in [0.05, 0.1) is 11.0 Å². The van der Waals surface area contributed by atoms with Gasteiger partial charge in [-0.15, -0.1) is 0 Å². The normalized spacial score (nSPS) is 12.0. The van der Waals surface area contributed by atoms with Crippen molar-refractivity contribution in [2.24, 2.45) is 0 Å². The second kappa shape index (κ2) is 11.5. The van der Waals surface area contributed by atoms with Gasteiger partial charge < -0.3 is 4.57 Å². The van der Waals surface area contributed by atoms with Gasteiger partial charge in [0.1, 0.15) is 0 Å². The average Bonchev–Trinajstić information content (AvgIpc) is 3.61. The fourth-order valence-corrected chi connectivity index (χ4v) is 8.94. The highest BCUT2D eigenvalue weighted by molar-refractivity contribution is 6.44. The Kier molecular flexibility index (Phi) is 6.31. The van der Waals surface area contributed by atoms with Crippen molar-refractivity contribution in [3.63, 3.8) is 0 Å². The highest BCUT2D eigenvalue weighted by Gasteiger charge is 2.23. The Bertz CT molecular complexity index is 3400. The summed E-state index contributed by atoms with van der Waals surface area (Å²) in [6.45, 7) is 0. The molecule has 254 valence electrons. The van der Waals surface area contributed by atoms with E-state index in [0.29, 0.717) is 17.5 Å². The molecule has 4 nitrogen and oxygen atoms in total. The third-order valence-corrected chi connectivity index (χ3v) is 11.3. The van der Waals surface area contributed by atoms with Crippen LogP contribution < -0.4 is 0 Å². The highest BCUT2D eigenvalue weighted by Crippen LogP contribution is 2.49. The summed E-state index contributed by atoms with van der Waals surface area (Å²) >= 11 is 0. The van der Waals surface area contributed by atoms with E-state index in [1.807, 2.05) is 36.4 Å². The van der Waals surface area contributed by atoms with Gasteiger partial charge >= 0.3 is 0 Å². The lowest BCUT2D eigenvalue weighted by Gasteiger charge is -2.16. The quantitative estimate of drug-likeness (QED) is 0.133. The minimum absolute atomic E-state index is 0.638. The molecule has 0 amide bonds. The van der Waals surface area contributed by atoms with Crippen LogP contribution in [-0.4, -0.2) is 19.5 Å². The second-order valence-corrected chi connectivity index (χ2v) is 14.4. The van der Waals surface area contributed by atoms with Crippen LogP contribution in [0.3, 0.4) is 0 Å². The van der Waals surface area contributed by atoms with Gasteiger partial charge in [0.25, 0.3) is 0 Å². The van der Waals surface area contributed by atoms with Gasteiger partial charge in [-0.05, 0) is 91.3 Å².